The van der Waals surface area contributed by atoms with Crippen LogP contribution in [0.4, 0.5) is 0 Å². The quantitative estimate of drug-likeness (QED) is 0.665. The summed E-state index contributed by atoms with van der Waals surface area (Å²) in [6.45, 7) is 1.33. The highest BCUT2D eigenvalue weighted by atomic mass is 32.1. The van der Waals surface area contributed by atoms with Crippen LogP contribution in [-0.4, -0.2) is 26.9 Å². The van der Waals surface area contributed by atoms with Gasteiger partial charge in [-0.2, -0.15) is 0 Å². The minimum atomic E-state index is 0.0726. The van der Waals surface area contributed by atoms with Crippen molar-refractivity contribution in [2.75, 3.05) is 6.54 Å². The SMILES string of the molecule is O=C1C=CCN1Cc1cnns1. The van der Waals surface area contributed by atoms with Gasteiger partial charge in [-0.15, -0.1) is 5.10 Å². The van der Waals surface area contributed by atoms with Crippen LogP contribution in [-0.2, 0) is 11.3 Å². The van der Waals surface area contributed by atoms with Gasteiger partial charge in [-0.05, 0) is 11.5 Å². The molecule has 0 radical (unpaired) electrons. The Balaban J connectivity index is 2.01. The maximum atomic E-state index is 11.1. The average molecular weight is 181 g/mol. The molecule has 12 heavy (non-hydrogen) atoms. The Labute approximate surface area is 73.7 Å². The van der Waals surface area contributed by atoms with Crippen LogP contribution in [0.15, 0.2) is 18.3 Å². The molecule has 1 amide bonds. The Morgan fingerprint density at radius 2 is 2.58 bits per heavy atom. The van der Waals surface area contributed by atoms with Crippen molar-refractivity contribution in [3.05, 3.63) is 23.2 Å². The van der Waals surface area contributed by atoms with Crippen LogP contribution < -0.4 is 0 Å². The number of hydrogen-bond acceptors (Lipinski definition) is 4. The lowest BCUT2D eigenvalue weighted by Gasteiger charge is -2.12. The van der Waals surface area contributed by atoms with E-state index in [0.717, 1.165) is 4.88 Å². The highest BCUT2D eigenvalue weighted by Crippen LogP contribution is 2.10. The fourth-order valence-electron chi connectivity index (χ4n) is 1.06. The summed E-state index contributed by atoms with van der Waals surface area (Å²) in [6, 6.07) is 0. The molecule has 0 unspecified atom stereocenters. The van der Waals surface area contributed by atoms with E-state index in [4.69, 9.17) is 0 Å². The average Bonchev–Trinajstić information content (AvgIpc) is 2.65. The van der Waals surface area contributed by atoms with Crippen molar-refractivity contribution >= 4 is 17.4 Å². The molecule has 1 aliphatic rings. The second-order valence-electron chi connectivity index (χ2n) is 2.50. The van der Waals surface area contributed by atoms with E-state index in [1.54, 1.807) is 17.2 Å². The topological polar surface area (TPSA) is 46.1 Å². The van der Waals surface area contributed by atoms with E-state index in [0.29, 0.717) is 13.1 Å². The van der Waals surface area contributed by atoms with Crippen molar-refractivity contribution in [2.24, 2.45) is 0 Å². The molecule has 0 spiro atoms. The first-order valence-corrected chi connectivity index (χ1v) is 4.35. The van der Waals surface area contributed by atoms with Crippen molar-refractivity contribution in [3.63, 3.8) is 0 Å². The maximum Gasteiger partial charge on any atom is 0.246 e. The number of nitrogens with zero attached hydrogens (tertiary/aromatic N) is 3. The van der Waals surface area contributed by atoms with Crippen molar-refractivity contribution in [1.82, 2.24) is 14.5 Å². The summed E-state index contributed by atoms with van der Waals surface area (Å²) < 4.78 is 3.72. The summed E-state index contributed by atoms with van der Waals surface area (Å²) in [5.74, 6) is 0.0726. The van der Waals surface area contributed by atoms with Gasteiger partial charge >= 0.3 is 0 Å². The third-order valence-corrected chi connectivity index (χ3v) is 2.30. The second-order valence-corrected chi connectivity index (χ2v) is 3.38. The number of aromatic nitrogens is 2. The highest BCUT2D eigenvalue weighted by molar-refractivity contribution is 7.05. The third kappa shape index (κ3) is 1.35. The van der Waals surface area contributed by atoms with Gasteiger partial charge in [0.25, 0.3) is 0 Å². The van der Waals surface area contributed by atoms with Crippen LogP contribution in [0.5, 0.6) is 0 Å². The van der Waals surface area contributed by atoms with E-state index in [9.17, 15) is 4.79 Å². The van der Waals surface area contributed by atoms with Gasteiger partial charge in [0.15, 0.2) is 0 Å². The minimum absolute atomic E-state index is 0.0726. The Hall–Kier alpha value is -1.23. The van der Waals surface area contributed by atoms with Crippen molar-refractivity contribution in [3.8, 4) is 0 Å². The van der Waals surface area contributed by atoms with Crippen LogP contribution in [0.25, 0.3) is 0 Å². The molecule has 0 N–H and O–H groups in total. The molecule has 1 aromatic heterocycles. The fraction of sp³-hybridized carbons (Fsp3) is 0.286. The van der Waals surface area contributed by atoms with Gasteiger partial charge in [0, 0.05) is 12.6 Å². The fourth-order valence-corrected chi connectivity index (χ4v) is 1.57. The van der Waals surface area contributed by atoms with E-state index in [-0.39, 0.29) is 5.91 Å². The monoisotopic (exact) mass is 181 g/mol. The van der Waals surface area contributed by atoms with Gasteiger partial charge in [-0.25, -0.2) is 0 Å². The zero-order chi connectivity index (χ0) is 8.39. The number of rotatable bonds is 2. The lowest BCUT2D eigenvalue weighted by molar-refractivity contribution is -0.124. The highest BCUT2D eigenvalue weighted by Gasteiger charge is 2.15. The first kappa shape index (κ1) is 7.42. The molecule has 0 saturated carbocycles. The molecule has 0 atom stereocenters. The van der Waals surface area contributed by atoms with E-state index < -0.39 is 0 Å². The van der Waals surface area contributed by atoms with Crippen molar-refractivity contribution in [2.45, 2.75) is 6.54 Å². The Morgan fingerprint density at radius 3 is 3.17 bits per heavy atom. The van der Waals surface area contributed by atoms with Crippen molar-refractivity contribution < 1.29 is 4.79 Å². The zero-order valence-electron chi connectivity index (χ0n) is 6.30. The van der Waals surface area contributed by atoms with Gasteiger partial charge in [0.1, 0.15) is 0 Å². The summed E-state index contributed by atoms with van der Waals surface area (Å²) in [4.78, 5) is 13.9. The second kappa shape index (κ2) is 3.02. The number of carbonyl (C=O) groups is 1. The van der Waals surface area contributed by atoms with Crippen LogP contribution in [0.1, 0.15) is 4.88 Å². The van der Waals surface area contributed by atoms with Gasteiger partial charge < -0.3 is 4.90 Å². The first-order valence-electron chi connectivity index (χ1n) is 3.58. The molecule has 4 nitrogen and oxygen atoms in total. The molecule has 0 bridgehead atoms. The van der Waals surface area contributed by atoms with E-state index >= 15 is 0 Å². The van der Waals surface area contributed by atoms with E-state index in [1.165, 1.54) is 11.5 Å². The minimum Gasteiger partial charge on any atom is -0.330 e. The smallest absolute Gasteiger partial charge is 0.246 e. The molecule has 62 valence electrons. The van der Waals surface area contributed by atoms with Crippen molar-refractivity contribution in [1.29, 1.82) is 0 Å². The molecule has 2 heterocycles. The van der Waals surface area contributed by atoms with Gasteiger partial charge in [0.2, 0.25) is 5.91 Å². The molecular weight excluding hydrogens is 174 g/mol. The van der Waals surface area contributed by atoms with Crippen LogP contribution >= 0.6 is 11.5 Å². The zero-order valence-corrected chi connectivity index (χ0v) is 7.12. The molecule has 0 aliphatic carbocycles. The molecule has 1 aromatic rings. The Bertz CT molecular complexity index is 306. The van der Waals surface area contributed by atoms with Crippen LogP contribution in [0, 0.1) is 0 Å². The van der Waals surface area contributed by atoms with Gasteiger partial charge in [0.05, 0.1) is 17.6 Å². The Morgan fingerprint density at radius 1 is 1.67 bits per heavy atom. The van der Waals surface area contributed by atoms with Crippen LogP contribution in [0.3, 0.4) is 0 Å². The van der Waals surface area contributed by atoms with Gasteiger partial charge in [-0.3, -0.25) is 4.79 Å². The Kier molecular flexibility index (Phi) is 1.87. The number of carbonyl (C=O) groups excluding carboxylic acids is 1. The number of hydrogen-bond donors (Lipinski definition) is 0. The normalized spacial score (nSPS) is 16.0. The molecular formula is C7H7N3OS. The molecule has 5 heteroatoms. The molecule has 0 saturated heterocycles. The van der Waals surface area contributed by atoms with E-state index in [2.05, 4.69) is 9.59 Å². The van der Waals surface area contributed by atoms with Gasteiger partial charge in [-0.1, -0.05) is 10.6 Å². The maximum absolute atomic E-state index is 11.1. The lowest BCUT2D eigenvalue weighted by Crippen LogP contribution is -2.24. The lowest BCUT2D eigenvalue weighted by atomic mass is 10.5. The third-order valence-electron chi connectivity index (χ3n) is 1.65. The summed E-state index contributed by atoms with van der Waals surface area (Å²) in [5, 5.41) is 3.70. The summed E-state index contributed by atoms with van der Waals surface area (Å²) in [7, 11) is 0. The summed E-state index contributed by atoms with van der Waals surface area (Å²) in [5.41, 5.74) is 0. The molecule has 2 rings (SSSR count). The largest absolute Gasteiger partial charge is 0.330 e. The number of amides is 1. The summed E-state index contributed by atoms with van der Waals surface area (Å²) in [6.07, 6.45) is 5.14. The molecule has 0 fully saturated rings. The molecule has 0 aromatic carbocycles. The first-order chi connectivity index (χ1) is 5.86. The predicted molar refractivity (Wildman–Crippen MR) is 44.5 cm³/mol. The predicted octanol–water partition coefficient (Wildman–Crippen LogP) is 0.436. The molecule has 1 aliphatic heterocycles. The van der Waals surface area contributed by atoms with Crippen LogP contribution in [0.2, 0.25) is 0 Å². The summed E-state index contributed by atoms with van der Waals surface area (Å²) >= 11 is 1.33. The standard InChI is InChI=1S/C7H7N3OS/c11-7-2-1-3-10(7)5-6-4-8-9-12-6/h1-2,4H,3,5H2. The van der Waals surface area contributed by atoms with E-state index in [1.807, 2.05) is 6.08 Å².